The number of carbonyl (C=O) groups excluding carboxylic acids is 1. The molecule has 0 bridgehead atoms. The van der Waals surface area contributed by atoms with Crippen molar-refractivity contribution in [3.8, 4) is 5.75 Å². The maximum absolute atomic E-state index is 12.2. The summed E-state index contributed by atoms with van der Waals surface area (Å²) < 4.78 is 5.54. The molecule has 0 spiro atoms. The molecule has 0 radical (unpaired) electrons. The van der Waals surface area contributed by atoms with Gasteiger partial charge in [-0.05, 0) is 43.7 Å². The predicted molar refractivity (Wildman–Crippen MR) is 73.8 cm³/mol. The predicted octanol–water partition coefficient (Wildman–Crippen LogP) is 2.05. The zero-order chi connectivity index (χ0) is 13.2. The van der Waals surface area contributed by atoms with Crippen LogP contribution in [0.1, 0.15) is 25.7 Å². The van der Waals surface area contributed by atoms with Crippen LogP contribution in [-0.4, -0.2) is 30.0 Å². The Morgan fingerprint density at radius 2 is 2.11 bits per heavy atom. The molecule has 4 nitrogen and oxygen atoms in total. The number of anilines is 1. The van der Waals surface area contributed by atoms with Crippen molar-refractivity contribution < 1.29 is 9.53 Å². The maximum atomic E-state index is 12.2. The van der Waals surface area contributed by atoms with Crippen molar-refractivity contribution in [2.75, 3.05) is 18.9 Å². The zero-order valence-electron chi connectivity index (χ0n) is 11.0. The molecule has 1 amide bonds. The maximum Gasteiger partial charge on any atom is 0.260 e. The van der Waals surface area contributed by atoms with E-state index in [0.29, 0.717) is 17.5 Å². The standard InChI is InChI=1S/C15H20N2O2/c16-12-2-1-3-14(8-12)19-10-15(18)17(13-6-7-13)9-11-4-5-11/h1-3,8,11,13H,4-7,9-10,16H2. The van der Waals surface area contributed by atoms with Gasteiger partial charge in [0, 0.05) is 24.3 Å². The van der Waals surface area contributed by atoms with Crippen molar-refractivity contribution in [2.45, 2.75) is 31.7 Å². The van der Waals surface area contributed by atoms with Crippen LogP contribution in [0.15, 0.2) is 24.3 Å². The summed E-state index contributed by atoms with van der Waals surface area (Å²) in [6, 6.07) is 7.68. The van der Waals surface area contributed by atoms with Gasteiger partial charge in [0.2, 0.25) is 0 Å². The third kappa shape index (κ3) is 3.40. The van der Waals surface area contributed by atoms with Crippen molar-refractivity contribution in [3.63, 3.8) is 0 Å². The van der Waals surface area contributed by atoms with E-state index in [-0.39, 0.29) is 12.5 Å². The molecule has 3 rings (SSSR count). The normalized spacial score (nSPS) is 18.1. The van der Waals surface area contributed by atoms with Crippen LogP contribution in [0.5, 0.6) is 5.75 Å². The SMILES string of the molecule is Nc1cccc(OCC(=O)N(CC2CC2)C2CC2)c1. The number of nitrogen functional groups attached to an aromatic ring is 1. The molecule has 0 aromatic heterocycles. The molecular formula is C15H20N2O2. The fourth-order valence-electron chi connectivity index (χ4n) is 2.25. The molecule has 0 heterocycles. The highest BCUT2D eigenvalue weighted by molar-refractivity contribution is 5.78. The van der Waals surface area contributed by atoms with E-state index >= 15 is 0 Å². The molecule has 2 aliphatic carbocycles. The fourth-order valence-corrected chi connectivity index (χ4v) is 2.25. The average molecular weight is 260 g/mol. The van der Waals surface area contributed by atoms with E-state index in [1.807, 2.05) is 17.0 Å². The molecule has 2 fully saturated rings. The van der Waals surface area contributed by atoms with Crippen LogP contribution in [0.25, 0.3) is 0 Å². The lowest BCUT2D eigenvalue weighted by atomic mass is 10.3. The van der Waals surface area contributed by atoms with Crippen molar-refractivity contribution in [3.05, 3.63) is 24.3 Å². The number of rotatable bonds is 6. The molecule has 19 heavy (non-hydrogen) atoms. The lowest BCUT2D eigenvalue weighted by Gasteiger charge is -2.22. The number of nitrogens with zero attached hydrogens (tertiary/aromatic N) is 1. The summed E-state index contributed by atoms with van der Waals surface area (Å²) in [5.74, 6) is 1.50. The van der Waals surface area contributed by atoms with Crippen LogP contribution in [-0.2, 0) is 4.79 Å². The van der Waals surface area contributed by atoms with Gasteiger partial charge in [0.1, 0.15) is 5.75 Å². The second kappa shape index (κ2) is 5.11. The third-order valence-electron chi connectivity index (χ3n) is 3.68. The molecular weight excluding hydrogens is 240 g/mol. The van der Waals surface area contributed by atoms with Crippen LogP contribution in [0, 0.1) is 5.92 Å². The lowest BCUT2D eigenvalue weighted by Crippen LogP contribution is -2.38. The van der Waals surface area contributed by atoms with Crippen molar-refractivity contribution in [2.24, 2.45) is 5.92 Å². The van der Waals surface area contributed by atoms with E-state index < -0.39 is 0 Å². The zero-order valence-corrected chi connectivity index (χ0v) is 11.0. The summed E-state index contributed by atoms with van der Waals surface area (Å²) in [5.41, 5.74) is 6.34. The topological polar surface area (TPSA) is 55.6 Å². The van der Waals surface area contributed by atoms with Gasteiger partial charge in [-0.15, -0.1) is 0 Å². The third-order valence-corrected chi connectivity index (χ3v) is 3.68. The highest BCUT2D eigenvalue weighted by atomic mass is 16.5. The highest BCUT2D eigenvalue weighted by Crippen LogP contribution is 2.34. The minimum Gasteiger partial charge on any atom is -0.484 e. The summed E-state index contributed by atoms with van der Waals surface area (Å²) in [7, 11) is 0. The molecule has 0 aliphatic heterocycles. The van der Waals surface area contributed by atoms with Gasteiger partial charge in [-0.2, -0.15) is 0 Å². The Kier molecular flexibility index (Phi) is 3.32. The largest absolute Gasteiger partial charge is 0.484 e. The quantitative estimate of drug-likeness (QED) is 0.796. The number of carbonyl (C=O) groups is 1. The molecule has 0 saturated heterocycles. The van der Waals surface area contributed by atoms with Crippen molar-refractivity contribution in [1.29, 1.82) is 0 Å². The summed E-state index contributed by atoms with van der Waals surface area (Å²) >= 11 is 0. The van der Waals surface area contributed by atoms with Crippen LogP contribution >= 0.6 is 0 Å². The Morgan fingerprint density at radius 3 is 2.74 bits per heavy atom. The average Bonchev–Trinajstić information content (AvgIpc) is 3.26. The van der Waals surface area contributed by atoms with E-state index in [9.17, 15) is 4.79 Å². The minimum atomic E-state index is 0.108. The molecule has 2 N–H and O–H groups in total. The van der Waals surface area contributed by atoms with E-state index in [0.717, 1.165) is 25.3 Å². The van der Waals surface area contributed by atoms with Crippen LogP contribution < -0.4 is 10.5 Å². The van der Waals surface area contributed by atoms with Gasteiger partial charge in [-0.1, -0.05) is 6.07 Å². The van der Waals surface area contributed by atoms with E-state index in [2.05, 4.69) is 0 Å². The number of nitrogens with two attached hydrogens (primary N) is 1. The van der Waals surface area contributed by atoms with E-state index in [1.54, 1.807) is 12.1 Å². The molecule has 2 aliphatic rings. The Morgan fingerprint density at radius 1 is 1.32 bits per heavy atom. The van der Waals surface area contributed by atoms with Crippen molar-refractivity contribution in [1.82, 2.24) is 4.90 Å². The smallest absolute Gasteiger partial charge is 0.260 e. The Hall–Kier alpha value is -1.71. The number of hydrogen-bond donors (Lipinski definition) is 1. The Balaban J connectivity index is 1.54. The van der Waals surface area contributed by atoms with Gasteiger partial charge >= 0.3 is 0 Å². The Bertz CT molecular complexity index is 467. The molecule has 1 aromatic carbocycles. The summed E-state index contributed by atoms with van der Waals surface area (Å²) in [5, 5.41) is 0. The number of amides is 1. The van der Waals surface area contributed by atoms with Crippen LogP contribution in [0.3, 0.4) is 0 Å². The summed E-state index contributed by atoms with van der Waals surface area (Å²) in [6.07, 6.45) is 4.84. The second-order valence-corrected chi connectivity index (χ2v) is 5.58. The first-order valence-corrected chi connectivity index (χ1v) is 7.00. The minimum absolute atomic E-state index is 0.108. The van der Waals surface area contributed by atoms with Gasteiger partial charge in [0.25, 0.3) is 5.91 Å². The van der Waals surface area contributed by atoms with Gasteiger partial charge in [-0.25, -0.2) is 0 Å². The first kappa shape index (κ1) is 12.3. The van der Waals surface area contributed by atoms with Crippen LogP contribution in [0.2, 0.25) is 0 Å². The summed E-state index contributed by atoms with van der Waals surface area (Å²) in [4.78, 5) is 14.2. The molecule has 0 atom stereocenters. The first-order valence-electron chi connectivity index (χ1n) is 7.00. The Labute approximate surface area is 113 Å². The van der Waals surface area contributed by atoms with Crippen molar-refractivity contribution >= 4 is 11.6 Å². The molecule has 1 aromatic rings. The van der Waals surface area contributed by atoms with Crippen LogP contribution in [0.4, 0.5) is 5.69 Å². The number of ether oxygens (including phenoxy) is 1. The van der Waals surface area contributed by atoms with E-state index in [1.165, 1.54) is 12.8 Å². The lowest BCUT2D eigenvalue weighted by molar-refractivity contribution is -0.134. The van der Waals surface area contributed by atoms with Gasteiger partial charge < -0.3 is 15.4 Å². The monoisotopic (exact) mass is 260 g/mol. The second-order valence-electron chi connectivity index (χ2n) is 5.58. The van der Waals surface area contributed by atoms with Gasteiger partial charge in [0.05, 0.1) is 0 Å². The molecule has 2 saturated carbocycles. The molecule has 4 heteroatoms. The number of benzene rings is 1. The first-order chi connectivity index (χ1) is 9.22. The highest BCUT2D eigenvalue weighted by Gasteiger charge is 2.36. The van der Waals surface area contributed by atoms with E-state index in [4.69, 9.17) is 10.5 Å². The van der Waals surface area contributed by atoms with Gasteiger partial charge in [-0.3, -0.25) is 4.79 Å². The fraction of sp³-hybridized carbons (Fsp3) is 0.533. The molecule has 0 unspecified atom stereocenters. The molecule has 102 valence electrons. The van der Waals surface area contributed by atoms with Gasteiger partial charge in [0.15, 0.2) is 6.61 Å². The number of hydrogen-bond acceptors (Lipinski definition) is 3. The summed E-state index contributed by atoms with van der Waals surface area (Å²) in [6.45, 7) is 1.04.